The summed E-state index contributed by atoms with van der Waals surface area (Å²) in [5.74, 6) is 0. The second-order valence-electron chi connectivity index (χ2n) is 7.42. The number of aryl methyl sites for hydroxylation is 2. The summed E-state index contributed by atoms with van der Waals surface area (Å²) in [5, 5.41) is 5.42. The lowest BCUT2D eigenvalue weighted by atomic mass is 9.97. The van der Waals surface area contributed by atoms with E-state index >= 15 is 0 Å². The molecule has 4 aromatic carbocycles. The lowest BCUT2D eigenvalue weighted by Crippen LogP contribution is -1.91. The van der Waals surface area contributed by atoms with Gasteiger partial charge < -0.3 is 0 Å². The summed E-state index contributed by atoms with van der Waals surface area (Å²) in [6, 6.07) is 26.3. The van der Waals surface area contributed by atoms with Gasteiger partial charge in [-0.25, -0.2) is 0 Å². The van der Waals surface area contributed by atoms with Crippen molar-refractivity contribution in [1.29, 1.82) is 0 Å². The first kappa shape index (κ1) is 19.7. The fraction of sp³-hybridized carbons (Fsp3) is 0.231. The van der Waals surface area contributed by atoms with Crippen LogP contribution in [0, 0.1) is 0 Å². The molecule has 4 rings (SSSR count). The van der Waals surface area contributed by atoms with Crippen molar-refractivity contribution < 1.29 is 0 Å². The molecule has 0 spiro atoms. The largest absolute Gasteiger partial charge is 0.0616 e. The van der Waals surface area contributed by atoms with Gasteiger partial charge in [-0.1, -0.05) is 105 Å². The lowest BCUT2D eigenvalue weighted by Gasteiger charge is -2.09. The zero-order chi connectivity index (χ0) is 19.3. The Labute approximate surface area is 184 Å². The average Bonchev–Trinajstić information content (AvgIpc) is 2.74. The van der Waals surface area contributed by atoms with E-state index in [9.17, 15) is 0 Å². The van der Waals surface area contributed by atoms with Gasteiger partial charge in [-0.2, -0.15) is 0 Å². The third-order valence-corrected chi connectivity index (χ3v) is 6.95. The number of fused-ring (bicyclic) bond motifs is 2. The second-order valence-corrected chi connectivity index (χ2v) is 9.13. The molecular weight excluding hydrogens is 472 g/mol. The molecule has 0 aromatic heterocycles. The topological polar surface area (TPSA) is 0 Å². The summed E-state index contributed by atoms with van der Waals surface area (Å²) >= 11 is 7.35. The second kappa shape index (κ2) is 9.24. The van der Waals surface area contributed by atoms with Gasteiger partial charge in [0.1, 0.15) is 0 Å². The van der Waals surface area contributed by atoms with Crippen LogP contribution in [0.4, 0.5) is 0 Å². The highest BCUT2D eigenvalue weighted by molar-refractivity contribution is 9.11. The Morgan fingerprint density at radius 1 is 0.429 bits per heavy atom. The third-order valence-electron chi connectivity index (χ3n) is 5.56. The van der Waals surface area contributed by atoms with Crippen LogP contribution in [-0.4, -0.2) is 0 Å². The molecule has 4 aromatic rings. The van der Waals surface area contributed by atoms with Crippen LogP contribution >= 0.6 is 31.9 Å². The molecule has 0 bridgehead atoms. The molecule has 0 aliphatic rings. The van der Waals surface area contributed by atoms with Crippen LogP contribution in [-0.2, 0) is 12.8 Å². The van der Waals surface area contributed by atoms with E-state index in [0.29, 0.717) is 0 Å². The SMILES string of the molecule is Brc1ccc(CCCCCCc2ccc(Br)c3ccccc23)c2ccccc12. The molecule has 0 saturated heterocycles. The Bertz CT molecular complexity index is 1010. The Balaban J connectivity index is 1.31. The maximum absolute atomic E-state index is 3.67. The molecule has 0 N–H and O–H groups in total. The van der Waals surface area contributed by atoms with E-state index in [1.807, 2.05) is 0 Å². The minimum Gasteiger partial charge on any atom is -0.0616 e. The predicted molar refractivity (Wildman–Crippen MR) is 129 cm³/mol. The molecular formula is C26H24Br2. The van der Waals surface area contributed by atoms with Gasteiger partial charge in [-0.15, -0.1) is 0 Å². The standard InChI is InChI=1S/C26H24Br2/c27-25-17-15-19(21-11-5-7-13-23(21)25)9-3-1-2-4-10-20-16-18-26(28)24-14-8-6-12-22(20)24/h5-8,11-18H,1-4,9-10H2. The summed E-state index contributed by atoms with van der Waals surface area (Å²) in [6.45, 7) is 0. The first-order chi connectivity index (χ1) is 13.7. The van der Waals surface area contributed by atoms with Crippen molar-refractivity contribution in [2.45, 2.75) is 38.5 Å². The van der Waals surface area contributed by atoms with Crippen LogP contribution < -0.4 is 0 Å². The van der Waals surface area contributed by atoms with E-state index < -0.39 is 0 Å². The summed E-state index contributed by atoms with van der Waals surface area (Å²) in [5.41, 5.74) is 2.94. The fourth-order valence-corrected chi connectivity index (χ4v) is 5.03. The number of halogens is 2. The van der Waals surface area contributed by atoms with Crippen LogP contribution in [0.1, 0.15) is 36.8 Å². The van der Waals surface area contributed by atoms with Crippen molar-refractivity contribution >= 4 is 53.4 Å². The number of hydrogen-bond donors (Lipinski definition) is 0. The molecule has 0 amide bonds. The van der Waals surface area contributed by atoms with E-state index in [1.165, 1.54) is 67.3 Å². The number of benzene rings is 4. The van der Waals surface area contributed by atoms with Gasteiger partial charge in [0, 0.05) is 8.95 Å². The summed E-state index contributed by atoms with van der Waals surface area (Å²) in [4.78, 5) is 0. The van der Waals surface area contributed by atoms with Gasteiger partial charge in [0.05, 0.1) is 0 Å². The molecule has 0 heterocycles. The van der Waals surface area contributed by atoms with Crippen LogP contribution in [0.2, 0.25) is 0 Å². The Hall–Kier alpha value is -1.64. The fourth-order valence-electron chi connectivity index (χ4n) is 4.07. The number of hydrogen-bond acceptors (Lipinski definition) is 0. The average molecular weight is 496 g/mol. The van der Waals surface area contributed by atoms with Crippen molar-refractivity contribution in [2.24, 2.45) is 0 Å². The first-order valence-corrected chi connectivity index (χ1v) is 11.6. The van der Waals surface area contributed by atoms with E-state index in [2.05, 4.69) is 105 Å². The maximum Gasteiger partial charge on any atom is 0.0253 e. The van der Waals surface area contributed by atoms with Gasteiger partial charge in [-0.3, -0.25) is 0 Å². The summed E-state index contributed by atoms with van der Waals surface area (Å²) < 4.78 is 2.38. The number of rotatable bonds is 7. The van der Waals surface area contributed by atoms with Gasteiger partial charge >= 0.3 is 0 Å². The Morgan fingerprint density at radius 2 is 0.821 bits per heavy atom. The van der Waals surface area contributed by atoms with Crippen molar-refractivity contribution in [2.75, 3.05) is 0 Å². The molecule has 0 unspecified atom stereocenters. The molecule has 142 valence electrons. The van der Waals surface area contributed by atoms with Crippen molar-refractivity contribution in [3.05, 3.63) is 92.9 Å². The highest BCUT2D eigenvalue weighted by Crippen LogP contribution is 2.29. The summed E-state index contributed by atoms with van der Waals surface area (Å²) in [6.07, 6.45) is 7.42. The highest BCUT2D eigenvalue weighted by Gasteiger charge is 2.05. The predicted octanol–water partition coefficient (Wildman–Crippen LogP) is 8.86. The van der Waals surface area contributed by atoms with Crippen LogP contribution in [0.5, 0.6) is 0 Å². The molecule has 0 fully saturated rings. The van der Waals surface area contributed by atoms with E-state index in [4.69, 9.17) is 0 Å². The number of unbranched alkanes of at least 4 members (excludes halogenated alkanes) is 3. The minimum absolute atomic E-state index is 1.16. The van der Waals surface area contributed by atoms with E-state index in [-0.39, 0.29) is 0 Å². The molecule has 2 heteroatoms. The Kier molecular flexibility index (Phi) is 6.49. The molecule has 0 nitrogen and oxygen atoms in total. The quantitative estimate of drug-likeness (QED) is 0.224. The van der Waals surface area contributed by atoms with Crippen molar-refractivity contribution in [1.82, 2.24) is 0 Å². The zero-order valence-corrected chi connectivity index (χ0v) is 19.1. The molecule has 0 saturated carbocycles. The van der Waals surface area contributed by atoms with Crippen molar-refractivity contribution in [3.63, 3.8) is 0 Å². The third kappa shape index (κ3) is 4.34. The maximum atomic E-state index is 3.67. The molecule has 0 atom stereocenters. The molecule has 0 aliphatic heterocycles. The highest BCUT2D eigenvalue weighted by atomic mass is 79.9. The summed E-state index contributed by atoms with van der Waals surface area (Å²) in [7, 11) is 0. The lowest BCUT2D eigenvalue weighted by molar-refractivity contribution is 0.642. The monoisotopic (exact) mass is 494 g/mol. The molecule has 0 aliphatic carbocycles. The zero-order valence-electron chi connectivity index (χ0n) is 15.9. The van der Waals surface area contributed by atoms with Gasteiger partial charge in [-0.05, 0) is 70.5 Å². The van der Waals surface area contributed by atoms with Crippen LogP contribution in [0.25, 0.3) is 21.5 Å². The van der Waals surface area contributed by atoms with Gasteiger partial charge in [0.25, 0.3) is 0 Å². The van der Waals surface area contributed by atoms with Crippen molar-refractivity contribution in [3.8, 4) is 0 Å². The van der Waals surface area contributed by atoms with Crippen LogP contribution in [0.15, 0.2) is 81.7 Å². The van der Waals surface area contributed by atoms with Gasteiger partial charge in [0.2, 0.25) is 0 Å². The van der Waals surface area contributed by atoms with E-state index in [1.54, 1.807) is 0 Å². The smallest absolute Gasteiger partial charge is 0.0253 e. The Morgan fingerprint density at radius 3 is 1.25 bits per heavy atom. The first-order valence-electron chi connectivity index (χ1n) is 10.1. The van der Waals surface area contributed by atoms with Gasteiger partial charge in [0.15, 0.2) is 0 Å². The van der Waals surface area contributed by atoms with E-state index in [0.717, 1.165) is 12.8 Å². The minimum atomic E-state index is 1.16. The normalized spacial score (nSPS) is 11.4. The van der Waals surface area contributed by atoms with Crippen LogP contribution in [0.3, 0.4) is 0 Å². The molecule has 0 radical (unpaired) electrons. The molecule has 28 heavy (non-hydrogen) atoms.